The molecule has 0 fully saturated rings. The molecule has 0 spiro atoms. The molecule has 0 aliphatic heterocycles. The van der Waals surface area contributed by atoms with Crippen molar-refractivity contribution >= 4 is 50.7 Å². The third kappa shape index (κ3) is 9.06. The van der Waals surface area contributed by atoms with Gasteiger partial charge in [0.15, 0.2) is 0 Å². The van der Waals surface area contributed by atoms with Crippen LogP contribution in [0.2, 0.25) is 10.0 Å². The van der Waals surface area contributed by atoms with Crippen LogP contribution in [-0.2, 0) is 26.2 Å². The molecule has 0 radical (unpaired) electrons. The number of methoxy groups -OCH3 is 1. The second-order valence-electron chi connectivity index (χ2n) is 9.43. The van der Waals surface area contributed by atoms with Crippen LogP contribution in [0.1, 0.15) is 45.6 Å². The van der Waals surface area contributed by atoms with Crippen LogP contribution >= 0.6 is 23.2 Å². The lowest BCUT2D eigenvalue weighted by atomic mass is 10.1. The second-order valence-corrected chi connectivity index (χ2v) is 12.2. The summed E-state index contributed by atoms with van der Waals surface area (Å²) in [5.74, 6) is 0.141. The van der Waals surface area contributed by atoms with E-state index in [4.69, 9.17) is 27.9 Å². The number of hydrogen-bond acceptors (Lipinski definition) is 5. The number of amides is 2. The van der Waals surface area contributed by atoms with E-state index in [-0.39, 0.29) is 43.7 Å². The Kier molecular flexibility index (Phi) is 12.2. The third-order valence-corrected chi connectivity index (χ3v) is 7.70. The minimum atomic E-state index is -3.64. The van der Waals surface area contributed by atoms with Crippen molar-refractivity contribution < 1.29 is 22.7 Å². The fourth-order valence-corrected chi connectivity index (χ4v) is 5.43. The van der Waals surface area contributed by atoms with Crippen LogP contribution in [0.25, 0.3) is 0 Å². The minimum absolute atomic E-state index is 0.0281. The quantitative estimate of drug-likeness (QED) is 0.331. The number of hydrogen-bond donors (Lipinski definition) is 1. The van der Waals surface area contributed by atoms with Crippen molar-refractivity contribution in [2.75, 3.05) is 30.8 Å². The van der Waals surface area contributed by atoms with Gasteiger partial charge in [-0.05, 0) is 48.6 Å². The van der Waals surface area contributed by atoms with Crippen LogP contribution in [0.5, 0.6) is 5.75 Å². The van der Waals surface area contributed by atoms with Gasteiger partial charge in [0.25, 0.3) is 0 Å². The van der Waals surface area contributed by atoms with E-state index >= 15 is 0 Å². The Balaban J connectivity index is 2.27. The molecular formula is C27H37Cl2N3O5S. The Hall–Kier alpha value is -2.49. The molecule has 11 heteroatoms. The smallest absolute Gasteiger partial charge is 0.242 e. The number of para-hydroxylation sites is 2. The van der Waals surface area contributed by atoms with Crippen LogP contribution in [0.3, 0.4) is 0 Å². The van der Waals surface area contributed by atoms with Gasteiger partial charge in [0, 0.05) is 36.1 Å². The van der Waals surface area contributed by atoms with Crippen LogP contribution in [-0.4, -0.2) is 57.6 Å². The molecule has 2 rings (SSSR count). The molecule has 0 saturated carbocycles. The highest BCUT2D eigenvalue weighted by Crippen LogP contribution is 2.30. The fraction of sp³-hybridized carbons (Fsp3) is 0.481. The first-order valence-corrected chi connectivity index (χ1v) is 15.1. The number of carbonyl (C=O) groups is 2. The maximum atomic E-state index is 13.5. The lowest BCUT2D eigenvalue weighted by molar-refractivity contribution is -0.141. The molecule has 210 valence electrons. The van der Waals surface area contributed by atoms with Gasteiger partial charge in [-0.15, -0.1) is 0 Å². The summed E-state index contributed by atoms with van der Waals surface area (Å²) in [5, 5.41) is 3.78. The van der Waals surface area contributed by atoms with Gasteiger partial charge in [-0.25, -0.2) is 8.42 Å². The molecule has 0 heterocycles. The SMILES string of the molecule is CC[C@@H](C(=O)NCC(C)C)N(Cc1ccc(Cl)cc1Cl)C(=O)CCCN(c1ccccc1OC)S(C)(=O)=O. The number of halogens is 2. The number of nitrogens with zero attached hydrogens (tertiary/aromatic N) is 2. The molecule has 1 N–H and O–H groups in total. The Bertz CT molecular complexity index is 1210. The summed E-state index contributed by atoms with van der Waals surface area (Å²) in [5.41, 5.74) is 1.06. The van der Waals surface area contributed by atoms with Gasteiger partial charge in [-0.3, -0.25) is 13.9 Å². The zero-order valence-electron chi connectivity index (χ0n) is 22.5. The van der Waals surface area contributed by atoms with E-state index in [0.29, 0.717) is 40.0 Å². The Labute approximate surface area is 236 Å². The first kappa shape index (κ1) is 31.7. The van der Waals surface area contributed by atoms with Gasteiger partial charge in [0.1, 0.15) is 11.8 Å². The average molecular weight is 587 g/mol. The highest BCUT2D eigenvalue weighted by atomic mass is 35.5. The summed E-state index contributed by atoms with van der Waals surface area (Å²) in [6.45, 7) is 6.50. The molecule has 0 aromatic heterocycles. The molecule has 2 aromatic rings. The predicted molar refractivity (Wildman–Crippen MR) is 153 cm³/mol. The normalized spacial score (nSPS) is 12.2. The lowest BCUT2D eigenvalue weighted by Gasteiger charge is -2.31. The molecule has 0 aliphatic rings. The highest BCUT2D eigenvalue weighted by molar-refractivity contribution is 7.92. The number of benzene rings is 2. The van der Waals surface area contributed by atoms with Gasteiger partial charge < -0.3 is 15.0 Å². The largest absolute Gasteiger partial charge is 0.495 e. The van der Waals surface area contributed by atoms with Crippen molar-refractivity contribution in [1.82, 2.24) is 10.2 Å². The molecule has 2 amide bonds. The van der Waals surface area contributed by atoms with E-state index in [1.54, 1.807) is 42.5 Å². The number of rotatable bonds is 14. The van der Waals surface area contributed by atoms with Gasteiger partial charge in [0.05, 0.1) is 19.1 Å². The first-order valence-electron chi connectivity index (χ1n) is 12.5. The molecule has 0 bridgehead atoms. The maximum Gasteiger partial charge on any atom is 0.242 e. The summed E-state index contributed by atoms with van der Waals surface area (Å²) >= 11 is 12.4. The molecule has 0 saturated heterocycles. The Morgan fingerprint density at radius 1 is 1.11 bits per heavy atom. The van der Waals surface area contributed by atoms with E-state index in [2.05, 4.69) is 5.32 Å². The molecule has 8 nitrogen and oxygen atoms in total. The van der Waals surface area contributed by atoms with E-state index in [0.717, 1.165) is 6.26 Å². The molecule has 1 atom stereocenters. The molecule has 0 unspecified atom stereocenters. The summed E-state index contributed by atoms with van der Waals surface area (Å²) in [6, 6.07) is 11.1. The molecule has 38 heavy (non-hydrogen) atoms. The summed E-state index contributed by atoms with van der Waals surface area (Å²) in [7, 11) is -2.17. The standard InChI is InChI=1S/C27H37Cl2N3O5S/c1-6-23(27(34)30-17-19(2)3)31(18-20-13-14-21(28)16-22(20)29)26(33)12-9-15-32(38(5,35)36)24-10-7-8-11-25(24)37-4/h7-8,10-11,13-14,16,19,23H,6,9,12,15,17-18H2,1-5H3,(H,30,34)/t23-/m0/s1. The second kappa shape index (κ2) is 14.6. The van der Waals surface area contributed by atoms with Crippen molar-refractivity contribution in [2.24, 2.45) is 5.92 Å². The van der Waals surface area contributed by atoms with Crippen LogP contribution in [0.15, 0.2) is 42.5 Å². The average Bonchev–Trinajstić information content (AvgIpc) is 2.85. The van der Waals surface area contributed by atoms with Crippen LogP contribution < -0.4 is 14.4 Å². The van der Waals surface area contributed by atoms with Crippen molar-refractivity contribution in [3.8, 4) is 5.75 Å². The zero-order chi connectivity index (χ0) is 28.5. The van der Waals surface area contributed by atoms with E-state index in [9.17, 15) is 18.0 Å². The van der Waals surface area contributed by atoms with Crippen LogP contribution in [0, 0.1) is 5.92 Å². The minimum Gasteiger partial charge on any atom is -0.495 e. The third-order valence-electron chi connectivity index (χ3n) is 5.93. The number of ether oxygens (including phenoxy) is 1. The van der Waals surface area contributed by atoms with Gasteiger partial charge >= 0.3 is 0 Å². The number of sulfonamides is 1. The van der Waals surface area contributed by atoms with E-state index < -0.39 is 16.1 Å². The van der Waals surface area contributed by atoms with Crippen LogP contribution in [0.4, 0.5) is 5.69 Å². The summed E-state index contributed by atoms with van der Waals surface area (Å²) < 4.78 is 31.7. The highest BCUT2D eigenvalue weighted by Gasteiger charge is 2.29. The van der Waals surface area contributed by atoms with Gasteiger partial charge in [-0.2, -0.15) is 0 Å². The number of carbonyl (C=O) groups excluding carboxylic acids is 2. The molecular weight excluding hydrogens is 549 g/mol. The Morgan fingerprint density at radius 2 is 1.79 bits per heavy atom. The summed E-state index contributed by atoms with van der Waals surface area (Å²) in [4.78, 5) is 28.1. The first-order chi connectivity index (χ1) is 17.9. The fourth-order valence-electron chi connectivity index (χ4n) is 3.99. The monoisotopic (exact) mass is 585 g/mol. The predicted octanol–water partition coefficient (Wildman–Crippen LogP) is 5.13. The number of nitrogens with one attached hydrogen (secondary N) is 1. The molecule has 2 aromatic carbocycles. The van der Waals surface area contributed by atoms with E-state index in [1.807, 2.05) is 20.8 Å². The van der Waals surface area contributed by atoms with Crippen molar-refractivity contribution in [2.45, 2.75) is 52.6 Å². The van der Waals surface area contributed by atoms with E-state index in [1.165, 1.54) is 16.3 Å². The molecule has 0 aliphatic carbocycles. The van der Waals surface area contributed by atoms with Crippen molar-refractivity contribution in [1.29, 1.82) is 0 Å². The van der Waals surface area contributed by atoms with Gasteiger partial charge in [-0.1, -0.05) is 62.2 Å². The van der Waals surface area contributed by atoms with Gasteiger partial charge in [0.2, 0.25) is 21.8 Å². The number of anilines is 1. The van der Waals surface area contributed by atoms with Crippen molar-refractivity contribution in [3.63, 3.8) is 0 Å². The zero-order valence-corrected chi connectivity index (χ0v) is 24.9. The van der Waals surface area contributed by atoms with Crippen molar-refractivity contribution in [3.05, 3.63) is 58.1 Å². The summed E-state index contributed by atoms with van der Waals surface area (Å²) in [6.07, 6.45) is 1.78. The lowest BCUT2D eigenvalue weighted by Crippen LogP contribution is -2.49. The topological polar surface area (TPSA) is 96.0 Å². The Morgan fingerprint density at radius 3 is 2.37 bits per heavy atom. The maximum absolute atomic E-state index is 13.5.